The van der Waals surface area contributed by atoms with Crippen molar-refractivity contribution in [1.82, 2.24) is 9.80 Å². The Morgan fingerprint density at radius 1 is 0.544 bits per heavy atom. The van der Waals surface area contributed by atoms with E-state index >= 15 is 0 Å². The molecule has 4 heterocycles. The van der Waals surface area contributed by atoms with E-state index in [9.17, 15) is 22.8 Å². The lowest BCUT2D eigenvalue weighted by molar-refractivity contribution is -0.137. The van der Waals surface area contributed by atoms with Gasteiger partial charge in [0, 0.05) is 94.1 Å². The molecule has 2 unspecified atom stereocenters. The number of piperazine rings is 2. The van der Waals surface area contributed by atoms with E-state index in [1.807, 2.05) is 71.6 Å². The first kappa shape index (κ1) is 40.4. The van der Waals surface area contributed by atoms with Crippen LogP contribution in [0.4, 0.5) is 35.9 Å². The molecule has 14 heteroatoms. The summed E-state index contributed by atoms with van der Waals surface area (Å²) < 4.78 is 51.7. The van der Waals surface area contributed by atoms with Crippen molar-refractivity contribution >= 4 is 50.5 Å². The van der Waals surface area contributed by atoms with Gasteiger partial charge in [-0.25, -0.2) is 0 Å². The van der Waals surface area contributed by atoms with Crippen molar-refractivity contribution in [3.05, 3.63) is 107 Å². The summed E-state index contributed by atoms with van der Waals surface area (Å²) in [7, 11) is 4.24. The molecule has 4 aromatic rings. The van der Waals surface area contributed by atoms with Gasteiger partial charge in [-0.05, 0) is 86.9 Å². The Morgan fingerprint density at radius 2 is 0.930 bits per heavy atom. The SMILES string of the molecule is CN1CCN(c2ccccc2OC2CCN(c3ccc(Br)cc3)C2=O)CC1.CN1CCN(c2ccccc2OC2CCN(c3ccc(C(F)(F)F)cc3)C2=O)CC1. The summed E-state index contributed by atoms with van der Waals surface area (Å²) in [6.07, 6.45) is -4.29. The van der Waals surface area contributed by atoms with Gasteiger partial charge in [0.2, 0.25) is 0 Å². The molecule has 57 heavy (non-hydrogen) atoms. The first-order valence-electron chi connectivity index (χ1n) is 19.4. The second kappa shape index (κ2) is 17.8. The number of amides is 2. The molecule has 0 spiro atoms. The third-order valence-corrected chi connectivity index (χ3v) is 11.4. The third kappa shape index (κ3) is 9.68. The second-order valence-electron chi connectivity index (χ2n) is 14.8. The highest BCUT2D eigenvalue weighted by Gasteiger charge is 2.37. The highest BCUT2D eigenvalue weighted by Crippen LogP contribution is 2.35. The lowest BCUT2D eigenvalue weighted by Crippen LogP contribution is -2.44. The molecule has 2 amide bonds. The maximum Gasteiger partial charge on any atom is 0.416 e. The molecule has 0 bridgehead atoms. The fraction of sp³-hybridized carbons (Fsp3) is 0.395. The minimum atomic E-state index is -4.40. The van der Waals surface area contributed by atoms with Crippen LogP contribution >= 0.6 is 15.9 Å². The normalized spacial score (nSPS) is 20.8. The molecule has 0 N–H and O–H groups in total. The Hall–Kier alpha value is -4.79. The van der Waals surface area contributed by atoms with Crippen molar-refractivity contribution in [2.24, 2.45) is 0 Å². The zero-order valence-electron chi connectivity index (χ0n) is 32.2. The molecule has 0 radical (unpaired) electrons. The van der Waals surface area contributed by atoms with Crippen LogP contribution < -0.4 is 29.1 Å². The van der Waals surface area contributed by atoms with Gasteiger partial charge in [0.1, 0.15) is 11.5 Å². The molecule has 10 nitrogen and oxygen atoms in total. The quantitative estimate of drug-likeness (QED) is 0.188. The maximum atomic E-state index is 12.9. The first-order valence-corrected chi connectivity index (χ1v) is 20.2. The van der Waals surface area contributed by atoms with Crippen molar-refractivity contribution < 1.29 is 32.2 Å². The smallest absolute Gasteiger partial charge is 0.416 e. The van der Waals surface area contributed by atoms with Gasteiger partial charge in [0.25, 0.3) is 11.8 Å². The van der Waals surface area contributed by atoms with Crippen LogP contribution in [0.2, 0.25) is 0 Å². The molecule has 4 fully saturated rings. The van der Waals surface area contributed by atoms with Crippen molar-refractivity contribution in [2.45, 2.75) is 31.2 Å². The van der Waals surface area contributed by atoms with Gasteiger partial charge >= 0.3 is 6.18 Å². The van der Waals surface area contributed by atoms with Gasteiger partial charge in [-0.15, -0.1) is 0 Å². The Bertz CT molecular complexity index is 1990. The minimum absolute atomic E-state index is 0.0329. The number of para-hydroxylation sites is 4. The van der Waals surface area contributed by atoms with Crippen LogP contribution in [0, 0.1) is 0 Å². The lowest BCUT2D eigenvalue weighted by Gasteiger charge is -2.35. The number of rotatable bonds is 8. The number of hydrogen-bond donors (Lipinski definition) is 0. The summed E-state index contributed by atoms with van der Waals surface area (Å²) in [6, 6.07) is 28.3. The fourth-order valence-corrected chi connectivity index (χ4v) is 7.79. The van der Waals surface area contributed by atoms with E-state index in [1.54, 1.807) is 0 Å². The number of alkyl halides is 3. The summed E-state index contributed by atoms with van der Waals surface area (Å²) in [5, 5.41) is 0. The lowest BCUT2D eigenvalue weighted by atomic mass is 10.2. The molecular formula is C43H48BrF3N6O4. The molecule has 4 aromatic carbocycles. The van der Waals surface area contributed by atoms with Gasteiger partial charge in [-0.2, -0.15) is 13.2 Å². The predicted octanol–water partition coefficient (Wildman–Crippen LogP) is 7.03. The van der Waals surface area contributed by atoms with Gasteiger partial charge in [0.15, 0.2) is 12.2 Å². The molecule has 4 aliphatic rings. The number of carbonyl (C=O) groups is 2. The molecule has 8 rings (SSSR count). The predicted molar refractivity (Wildman–Crippen MR) is 221 cm³/mol. The van der Waals surface area contributed by atoms with E-state index in [4.69, 9.17) is 9.47 Å². The molecule has 2 atom stereocenters. The topological polar surface area (TPSA) is 72.0 Å². The maximum absolute atomic E-state index is 12.9. The minimum Gasteiger partial charge on any atom is -0.478 e. The molecular weight excluding hydrogens is 801 g/mol. The Kier molecular flexibility index (Phi) is 12.6. The fourth-order valence-electron chi connectivity index (χ4n) is 7.53. The highest BCUT2D eigenvalue weighted by atomic mass is 79.9. The monoisotopic (exact) mass is 848 g/mol. The molecule has 4 saturated heterocycles. The van der Waals surface area contributed by atoms with E-state index in [2.05, 4.69) is 55.7 Å². The van der Waals surface area contributed by atoms with E-state index in [-0.39, 0.29) is 11.8 Å². The van der Waals surface area contributed by atoms with Crippen LogP contribution in [0.3, 0.4) is 0 Å². The number of benzene rings is 4. The number of anilines is 4. The van der Waals surface area contributed by atoms with Crippen LogP contribution in [-0.2, 0) is 15.8 Å². The van der Waals surface area contributed by atoms with Crippen LogP contribution in [0.1, 0.15) is 18.4 Å². The average Bonchev–Trinajstić information content (AvgIpc) is 3.76. The summed E-state index contributed by atoms with van der Waals surface area (Å²) in [4.78, 5) is 38.3. The first-order chi connectivity index (χ1) is 27.4. The summed E-state index contributed by atoms with van der Waals surface area (Å²) in [5.74, 6) is 1.26. The summed E-state index contributed by atoms with van der Waals surface area (Å²) >= 11 is 3.44. The average molecular weight is 850 g/mol. The largest absolute Gasteiger partial charge is 0.478 e. The third-order valence-electron chi connectivity index (χ3n) is 10.9. The standard InChI is InChI=1S/C22H24F3N3O2.C21H24BrN3O2/c1-26-12-14-27(15-13-26)18-4-2-3-5-19(18)30-20-10-11-28(21(20)29)17-8-6-16(7-9-17)22(23,24)25;1-23-12-14-24(15-13-23)18-4-2-3-5-19(18)27-20-10-11-25(21(20)26)17-8-6-16(22)7-9-17/h2-9,20H,10-15H2,1H3;2-9,20H,10-15H2,1H3. The molecule has 302 valence electrons. The van der Waals surface area contributed by atoms with Gasteiger partial charge in [-0.3, -0.25) is 9.59 Å². The molecule has 4 aliphatic heterocycles. The summed E-state index contributed by atoms with van der Waals surface area (Å²) in [6.45, 7) is 8.79. The van der Waals surface area contributed by atoms with Crippen molar-refractivity contribution in [1.29, 1.82) is 0 Å². The van der Waals surface area contributed by atoms with Crippen LogP contribution in [0.5, 0.6) is 11.5 Å². The van der Waals surface area contributed by atoms with Crippen molar-refractivity contribution in [2.75, 3.05) is 99.1 Å². The van der Waals surface area contributed by atoms with E-state index < -0.39 is 23.9 Å². The Morgan fingerprint density at radius 3 is 1.33 bits per heavy atom. The van der Waals surface area contributed by atoms with Crippen LogP contribution in [0.15, 0.2) is 102 Å². The van der Waals surface area contributed by atoms with E-state index in [0.717, 1.165) is 91.8 Å². The van der Waals surface area contributed by atoms with Gasteiger partial charge in [0.05, 0.1) is 16.9 Å². The van der Waals surface area contributed by atoms with E-state index in [0.29, 0.717) is 37.4 Å². The van der Waals surface area contributed by atoms with Crippen molar-refractivity contribution in [3.63, 3.8) is 0 Å². The number of nitrogens with zero attached hydrogens (tertiary/aromatic N) is 6. The number of halogens is 4. The summed E-state index contributed by atoms with van der Waals surface area (Å²) in [5.41, 5.74) is 2.69. The van der Waals surface area contributed by atoms with Crippen LogP contribution in [-0.4, -0.2) is 113 Å². The van der Waals surface area contributed by atoms with E-state index in [1.165, 1.54) is 17.0 Å². The zero-order chi connectivity index (χ0) is 40.1. The number of likely N-dealkylation sites (N-methyl/N-ethyl adjacent to an activating group) is 2. The molecule has 0 aliphatic carbocycles. The van der Waals surface area contributed by atoms with Crippen LogP contribution in [0.25, 0.3) is 0 Å². The zero-order valence-corrected chi connectivity index (χ0v) is 33.8. The molecule has 0 aromatic heterocycles. The Labute approximate surface area is 340 Å². The van der Waals surface area contributed by atoms with Gasteiger partial charge in [-0.1, -0.05) is 40.2 Å². The number of hydrogen-bond acceptors (Lipinski definition) is 8. The number of carbonyl (C=O) groups excluding carboxylic acids is 2. The Balaban J connectivity index is 0.000000175. The van der Waals surface area contributed by atoms with Crippen molar-refractivity contribution in [3.8, 4) is 11.5 Å². The molecule has 0 saturated carbocycles. The highest BCUT2D eigenvalue weighted by molar-refractivity contribution is 9.10. The number of ether oxygens (including phenoxy) is 2. The van der Waals surface area contributed by atoms with Gasteiger partial charge < -0.3 is 38.9 Å². The second-order valence-corrected chi connectivity index (χ2v) is 15.7.